The van der Waals surface area contributed by atoms with E-state index in [0.717, 1.165) is 6.41 Å². The molecule has 2 heteroatoms. The fourth-order valence-electron chi connectivity index (χ4n) is 0.613. The van der Waals surface area contributed by atoms with E-state index in [2.05, 4.69) is 0 Å². The molecule has 0 bridgehead atoms. The van der Waals surface area contributed by atoms with Crippen molar-refractivity contribution in [3.63, 3.8) is 0 Å². The summed E-state index contributed by atoms with van der Waals surface area (Å²) in [6.45, 7) is 1.97. The monoisotopic (exact) mass is 112 g/mol. The van der Waals surface area contributed by atoms with Crippen molar-refractivity contribution >= 4 is 6.41 Å². The molecule has 0 aromatic heterocycles. The first-order valence-electron chi connectivity index (χ1n) is 2.85. The maximum atomic E-state index is 9.96. The lowest BCUT2D eigenvalue weighted by Gasteiger charge is -2.05. The van der Waals surface area contributed by atoms with Crippen LogP contribution < -0.4 is 0 Å². The third kappa shape index (κ3) is 1.52. The first-order valence-corrected chi connectivity index (χ1v) is 2.85. The molecule has 0 atom stereocenters. The van der Waals surface area contributed by atoms with E-state index >= 15 is 0 Å². The lowest BCUT2D eigenvalue weighted by Crippen LogP contribution is -2.12. The minimum absolute atomic E-state index is 0.699. The van der Waals surface area contributed by atoms with Crippen LogP contribution in [0.2, 0.25) is 0 Å². The van der Waals surface area contributed by atoms with Crippen LogP contribution in [0.3, 0.4) is 0 Å². The van der Waals surface area contributed by atoms with Crippen LogP contribution in [0.4, 0.5) is 0 Å². The summed E-state index contributed by atoms with van der Waals surface area (Å²) in [4.78, 5) is 11.5. The Kier molecular flexibility index (Phi) is 1.51. The molecule has 1 amide bonds. The Balaban J connectivity index is 2.06. The van der Waals surface area contributed by atoms with Gasteiger partial charge in [0.25, 0.3) is 0 Å². The van der Waals surface area contributed by atoms with Crippen molar-refractivity contribution in [3.05, 3.63) is 6.54 Å². The van der Waals surface area contributed by atoms with Gasteiger partial charge in [0.05, 0.1) is 6.54 Å². The van der Waals surface area contributed by atoms with Gasteiger partial charge in [0.15, 0.2) is 0 Å². The van der Waals surface area contributed by atoms with Crippen molar-refractivity contribution in [3.8, 4) is 0 Å². The third-order valence-corrected chi connectivity index (χ3v) is 1.23. The molecule has 1 radical (unpaired) electrons. The highest BCUT2D eigenvalue weighted by molar-refractivity contribution is 5.47. The number of carbonyl (C=O) groups excluding carboxylic acids is 1. The van der Waals surface area contributed by atoms with E-state index in [4.69, 9.17) is 0 Å². The molecule has 0 unspecified atom stereocenters. The molecule has 0 spiro atoms. The summed E-state index contributed by atoms with van der Waals surface area (Å²) < 4.78 is 0. The number of amides is 1. The van der Waals surface area contributed by atoms with Gasteiger partial charge in [-0.2, -0.15) is 0 Å². The minimum Gasteiger partial charge on any atom is -0.343 e. The van der Waals surface area contributed by atoms with Crippen molar-refractivity contribution in [2.24, 2.45) is 5.92 Å². The number of carbonyl (C=O) groups is 1. The van der Waals surface area contributed by atoms with Crippen molar-refractivity contribution in [1.82, 2.24) is 4.90 Å². The average Bonchev–Trinajstić information content (AvgIpc) is 2.50. The summed E-state index contributed by atoms with van der Waals surface area (Å²) in [5, 5.41) is 0. The van der Waals surface area contributed by atoms with E-state index in [1.165, 1.54) is 12.8 Å². The zero-order valence-electron chi connectivity index (χ0n) is 5.00. The predicted molar refractivity (Wildman–Crippen MR) is 30.9 cm³/mol. The van der Waals surface area contributed by atoms with E-state index in [1.807, 2.05) is 6.54 Å². The van der Waals surface area contributed by atoms with Crippen LogP contribution in [0.1, 0.15) is 12.8 Å². The molecule has 1 aliphatic carbocycles. The molecule has 1 rings (SSSR count). The van der Waals surface area contributed by atoms with Crippen LogP contribution in [0.5, 0.6) is 0 Å². The van der Waals surface area contributed by atoms with E-state index in [9.17, 15) is 4.79 Å². The van der Waals surface area contributed by atoms with Crippen molar-refractivity contribution in [2.45, 2.75) is 12.8 Å². The molecule has 1 saturated carbocycles. The SMILES string of the molecule is CN([CH]C1CC1)C=O. The second kappa shape index (κ2) is 2.16. The Morgan fingerprint density at radius 3 is 2.62 bits per heavy atom. The van der Waals surface area contributed by atoms with Gasteiger partial charge < -0.3 is 4.90 Å². The predicted octanol–water partition coefficient (Wildman–Crippen LogP) is 0.646. The molecule has 0 aliphatic heterocycles. The van der Waals surface area contributed by atoms with Crippen LogP contribution in [0.25, 0.3) is 0 Å². The van der Waals surface area contributed by atoms with E-state index in [1.54, 1.807) is 11.9 Å². The molecule has 45 valence electrons. The molecule has 1 aliphatic rings. The molecular formula is C6H10NO. The molecule has 0 N–H and O–H groups in total. The summed E-state index contributed by atoms with van der Waals surface area (Å²) in [5.74, 6) is 0.699. The standard InChI is InChI=1S/C6H10NO/c1-7(5-8)4-6-2-3-6/h4-6H,2-3H2,1H3. The van der Waals surface area contributed by atoms with Gasteiger partial charge >= 0.3 is 0 Å². The molecule has 2 nitrogen and oxygen atoms in total. The second-order valence-electron chi connectivity index (χ2n) is 2.26. The van der Waals surface area contributed by atoms with Crippen molar-refractivity contribution in [2.75, 3.05) is 7.05 Å². The van der Waals surface area contributed by atoms with Crippen LogP contribution in [-0.2, 0) is 4.79 Å². The fraction of sp³-hybridized carbons (Fsp3) is 0.667. The molecule has 8 heavy (non-hydrogen) atoms. The zero-order chi connectivity index (χ0) is 5.98. The topological polar surface area (TPSA) is 20.3 Å². The van der Waals surface area contributed by atoms with Crippen LogP contribution >= 0.6 is 0 Å². The third-order valence-electron chi connectivity index (χ3n) is 1.23. The van der Waals surface area contributed by atoms with Crippen LogP contribution in [-0.4, -0.2) is 18.4 Å². The van der Waals surface area contributed by atoms with Gasteiger partial charge in [-0.3, -0.25) is 4.79 Å². The number of rotatable bonds is 3. The lowest BCUT2D eigenvalue weighted by atomic mass is 10.4. The highest BCUT2D eigenvalue weighted by atomic mass is 16.1. The summed E-state index contributed by atoms with van der Waals surface area (Å²) in [5.41, 5.74) is 0. The quantitative estimate of drug-likeness (QED) is 0.491. The van der Waals surface area contributed by atoms with Gasteiger partial charge in [-0.1, -0.05) is 0 Å². The first-order chi connectivity index (χ1) is 3.83. The highest BCUT2D eigenvalue weighted by Crippen LogP contribution is 2.31. The summed E-state index contributed by atoms with van der Waals surface area (Å²) >= 11 is 0. The van der Waals surface area contributed by atoms with Gasteiger partial charge in [0, 0.05) is 7.05 Å². The van der Waals surface area contributed by atoms with Crippen molar-refractivity contribution < 1.29 is 4.79 Å². The van der Waals surface area contributed by atoms with E-state index in [0.29, 0.717) is 5.92 Å². The van der Waals surface area contributed by atoms with Gasteiger partial charge in [0.2, 0.25) is 6.41 Å². The maximum absolute atomic E-state index is 9.96. The van der Waals surface area contributed by atoms with Crippen LogP contribution in [0, 0.1) is 12.5 Å². The van der Waals surface area contributed by atoms with E-state index in [-0.39, 0.29) is 0 Å². The maximum Gasteiger partial charge on any atom is 0.209 e. The molecule has 0 heterocycles. The Morgan fingerprint density at radius 2 is 2.25 bits per heavy atom. The average molecular weight is 112 g/mol. The van der Waals surface area contributed by atoms with Crippen LogP contribution in [0.15, 0.2) is 0 Å². The molecular weight excluding hydrogens is 102 g/mol. The Labute approximate surface area is 49.5 Å². The lowest BCUT2D eigenvalue weighted by molar-refractivity contribution is -0.115. The highest BCUT2D eigenvalue weighted by Gasteiger charge is 2.22. The largest absolute Gasteiger partial charge is 0.343 e. The summed E-state index contributed by atoms with van der Waals surface area (Å²) in [6, 6.07) is 0. The Morgan fingerprint density at radius 1 is 1.62 bits per heavy atom. The van der Waals surface area contributed by atoms with Gasteiger partial charge in [-0.25, -0.2) is 0 Å². The number of hydrogen-bond acceptors (Lipinski definition) is 1. The summed E-state index contributed by atoms with van der Waals surface area (Å²) in [7, 11) is 1.77. The molecule has 0 aromatic carbocycles. The van der Waals surface area contributed by atoms with Gasteiger partial charge in [0.1, 0.15) is 0 Å². The summed E-state index contributed by atoms with van der Waals surface area (Å²) in [6.07, 6.45) is 3.36. The molecule has 1 fully saturated rings. The Hall–Kier alpha value is -0.530. The van der Waals surface area contributed by atoms with Gasteiger partial charge in [-0.05, 0) is 18.8 Å². The van der Waals surface area contributed by atoms with Gasteiger partial charge in [-0.15, -0.1) is 0 Å². The number of nitrogens with zero attached hydrogens (tertiary/aromatic N) is 1. The van der Waals surface area contributed by atoms with E-state index < -0.39 is 0 Å². The normalized spacial score (nSPS) is 18.1. The second-order valence-corrected chi connectivity index (χ2v) is 2.26. The Bertz CT molecular complexity index is 88.5. The zero-order valence-corrected chi connectivity index (χ0v) is 5.00. The molecule has 0 aromatic rings. The fourth-order valence-corrected chi connectivity index (χ4v) is 0.613. The first kappa shape index (κ1) is 5.60. The molecule has 0 saturated heterocycles. The van der Waals surface area contributed by atoms with Crippen molar-refractivity contribution in [1.29, 1.82) is 0 Å². The minimum atomic E-state index is 0.699. The smallest absolute Gasteiger partial charge is 0.209 e. The number of hydrogen-bond donors (Lipinski definition) is 0.